The molecule has 1 saturated heterocycles. The number of carbonyl (C=O) groups excluding carboxylic acids is 1. The summed E-state index contributed by atoms with van der Waals surface area (Å²) in [5.41, 5.74) is 3.06. The number of fused-ring (bicyclic) bond motifs is 3. The van der Waals surface area contributed by atoms with Crippen LogP contribution in [-0.2, 0) is 16.0 Å². The van der Waals surface area contributed by atoms with Crippen LogP contribution in [0.2, 0.25) is 5.02 Å². The topological polar surface area (TPSA) is 65.7 Å². The van der Waals surface area contributed by atoms with Crippen molar-refractivity contribution in [3.8, 4) is 5.69 Å². The van der Waals surface area contributed by atoms with E-state index < -0.39 is 5.97 Å². The molecule has 0 bridgehead atoms. The summed E-state index contributed by atoms with van der Waals surface area (Å²) >= 11 is 6.24. The number of aliphatic imine (C=N–C) groups is 1. The number of esters is 1. The van der Waals surface area contributed by atoms with Crippen molar-refractivity contribution in [2.75, 3.05) is 13.2 Å². The molecule has 1 unspecified atom stereocenters. The van der Waals surface area contributed by atoms with E-state index in [1.807, 2.05) is 0 Å². The standard InChI is InChI=1S/C22H17ClFN3O3/c23-13-5-6-20-17(9-13)21(16-3-1-2-4-18(16)24)25-11-14-10-19(26-27(14)20)22(28)30-15-7-8-29-12-15/h1-6,9-10,15H,7-8,11-12H2. The van der Waals surface area contributed by atoms with Gasteiger partial charge in [-0.25, -0.2) is 13.9 Å². The summed E-state index contributed by atoms with van der Waals surface area (Å²) < 4.78 is 26.9. The maximum atomic E-state index is 14.5. The number of ether oxygens (including phenoxy) is 2. The highest BCUT2D eigenvalue weighted by Gasteiger charge is 2.26. The van der Waals surface area contributed by atoms with E-state index in [9.17, 15) is 9.18 Å². The zero-order valence-corrected chi connectivity index (χ0v) is 16.6. The first kappa shape index (κ1) is 19.0. The summed E-state index contributed by atoms with van der Waals surface area (Å²) in [6.45, 7) is 1.21. The van der Waals surface area contributed by atoms with E-state index in [-0.39, 0.29) is 24.2 Å². The summed E-state index contributed by atoms with van der Waals surface area (Å²) in [6.07, 6.45) is 0.424. The number of hydrogen-bond donors (Lipinski definition) is 0. The Morgan fingerprint density at radius 2 is 2.07 bits per heavy atom. The number of hydrogen-bond acceptors (Lipinski definition) is 5. The summed E-state index contributed by atoms with van der Waals surface area (Å²) in [7, 11) is 0. The van der Waals surface area contributed by atoms with Crippen LogP contribution in [0.25, 0.3) is 5.69 Å². The molecule has 0 radical (unpaired) electrons. The van der Waals surface area contributed by atoms with E-state index >= 15 is 0 Å². The molecule has 1 atom stereocenters. The van der Waals surface area contributed by atoms with Gasteiger partial charge in [-0.1, -0.05) is 23.7 Å². The lowest BCUT2D eigenvalue weighted by Gasteiger charge is -2.12. The zero-order chi connectivity index (χ0) is 20.7. The number of benzene rings is 2. The highest BCUT2D eigenvalue weighted by molar-refractivity contribution is 6.31. The van der Waals surface area contributed by atoms with Crippen molar-refractivity contribution >= 4 is 23.3 Å². The number of aromatic nitrogens is 2. The fourth-order valence-electron chi connectivity index (χ4n) is 3.67. The molecule has 1 aromatic heterocycles. The Labute approximate surface area is 176 Å². The van der Waals surface area contributed by atoms with Gasteiger partial charge in [0.15, 0.2) is 5.69 Å². The Bertz CT molecular complexity index is 1170. The Morgan fingerprint density at radius 3 is 2.87 bits per heavy atom. The van der Waals surface area contributed by atoms with E-state index in [0.29, 0.717) is 52.9 Å². The molecule has 3 aromatic rings. The number of nitrogens with zero attached hydrogens (tertiary/aromatic N) is 3. The second-order valence-corrected chi connectivity index (χ2v) is 7.57. The van der Waals surface area contributed by atoms with Crippen LogP contribution in [0, 0.1) is 5.82 Å². The smallest absolute Gasteiger partial charge is 0.359 e. The minimum atomic E-state index is -0.500. The van der Waals surface area contributed by atoms with Crippen molar-refractivity contribution in [2.45, 2.75) is 19.1 Å². The van der Waals surface area contributed by atoms with Gasteiger partial charge in [-0.15, -0.1) is 0 Å². The fourth-order valence-corrected chi connectivity index (χ4v) is 3.84. The molecule has 2 aromatic carbocycles. The van der Waals surface area contributed by atoms with Gasteiger partial charge in [0, 0.05) is 22.6 Å². The van der Waals surface area contributed by atoms with Gasteiger partial charge in [0.2, 0.25) is 0 Å². The maximum Gasteiger partial charge on any atom is 0.359 e. The zero-order valence-electron chi connectivity index (χ0n) is 15.8. The highest BCUT2D eigenvalue weighted by atomic mass is 35.5. The molecule has 3 heterocycles. The second kappa shape index (κ2) is 7.66. The SMILES string of the molecule is O=C(OC1CCOC1)c1cc2n(n1)-c1ccc(Cl)cc1C(c1ccccc1F)=NC2. The van der Waals surface area contributed by atoms with Crippen LogP contribution in [0.15, 0.2) is 53.5 Å². The Hall–Kier alpha value is -3.03. The molecule has 0 amide bonds. The number of halogens is 2. The van der Waals surface area contributed by atoms with Crippen LogP contribution in [0.4, 0.5) is 4.39 Å². The van der Waals surface area contributed by atoms with Gasteiger partial charge in [0.25, 0.3) is 0 Å². The van der Waals surface area contributed by atoms with Gasteiger partial charge in [0.1, 0.15) is 11.9 Å². The first-order valence-electron chi connectivity index (χ1n) is 9.57. The van der Waals surface area contributed by atoms with E-state index in [2.05, 4.69) is 10.1 Å². The highest BCUT2D eigenvalue weighted by Crippen LogP contribution is 2.29. The second-order valence-electron chi connectivity index (χ2n) is 7.13. The van der Waals surface area contributed by atoms with Crippen molar-refractivity contribution in [3.63, 3.8) is 0 Å². The van der Waals surface area contributed by atoms with Crippen molar-refractivity contribution in [1.29, 1.82) is 0 Å². The summed E-state index contributed by atoms with van der Waals surface area (Å²) in [6, 6.07) is 13.4. The van der Waals surface area contributed by atoms with Gasteiger partial charge in [0.05, 0.1) is 36.9 Å². The fraction of sp³-hybridized carbons (Fsp3) is 0.227. The predicted molar refractivity (Wildman–Crippen MR) is 109 cm³/mol. The quantitative estimate of drug-likeness (QED) is 0.596. The average Bonchev–Trinajstić information content (AvgIpc) is 3.37. The molecule has 0 N–H and O–H groups in total. The Morgan fingerprint density at radius 1 is 1.20 bits per heavy atom. The van der Waals surface area contributed by atoms with Gasteiger partial charge in [-0.05, 0) is 36.4 Å². The van der Waals surface area contributed by atoms with Gasteiger partial charge in [-0.2, -0.15) is 5.10 Å². The molecule has 2 aliphatic rings. The molecule has 30 heavy (non-hydrogen) atoms. The van der Waals surface area contributed by atoms with E-state index in [4.69, 9.17) is 21.1 Å². The van der Waals surface area contributed by atoms with Crippen LogP contribution in [-0.4, -0.2) is 40.8 Å². The van der Waals surface area contributed by atoms with Crippen molar-refractivity contribution < 1.29 is 18.7 Å². The third-order valence-corrected chi connectivity index (χ3v) is 5.36. The molecule has 6 nitrogen and oxygen atoms in total. The Kier molecular flexibility index (Phi) is 4.84. The molecular formula is C22H17ClFN3O3. The average molecular weight is 426 g/mol. The first-order valence-corrected chi connectivity index (χ1v) is 9.95. The van der Waals surface area contributed by atoms with E-state index in [1.54, 1.807) is 47.1 Å². The van der Waals surface area contributed by atoms with Crippen LogP contribution >= 0.6 is 11.6 Å². The third-order valence-electron chi connectivity index (χ3n) is 5.12. The van der Waals surface area contributed by atoms with E-state index in [1.165, 1.54) is 6.07 Å². The number of rotatable bonds is 3. The molecule has 8 heteroatoms. The minimum absolute atomic E-state index is 0.197. The van der Waals surface area contributed by atoms with Crippen LogP contribution in [0.3, 0.4) is 0 Å². The van der Waals surface area contributed by atoms with Gasteiger partial charge in [-0.3, -0.25) is 4.99 Å². The van der Waals surface area contributed by atoms with Crippen LogP contribution in [0.1, 0.15) is 33.7 Å². The molecule has 1 fully saturated rings. The van der Waals surface area contributed by atoms with Crippen molar-refractivity contribution in [1.82, 2.24) is 9.78 Å². The van der Waals surface area contributed by atoms with Gasteiger partial charge < -0.3 is 9.47 Å². The maximum absolute atomic E-state index is 14.5. The van der Waals surface area contributed by atoms with Crippen LogP contribution in [0.5, 0.6) is 0 Å². The molecule has 0 saturated carbocycles. The van der Waals surface area contributed by atoms with Crippen molar-refractivity contribution in [2.24, 2.45) is 4.99 Å². The lowest BCUT2D eigenvalue weighted by Crippen LogP contribution is -2.18. The molecule has 2 aliphatic heterocycles. The predicted octanol–water partition coefficient (Wildman–Crippen LogP) is 3.96. The van der Waals surface area contributed by atoms with Crippen LogP contribution < -0.4 is 0 Å². The molecular weight excluding hydrogens is 409 g/mol. The Balaban J connectivity index is 1.57. The summed E-state index contributed by atoms with van der Waals surface area (Å²) in [5.74, 6) is -0.871. The lowest BCUT2D eigenvalue weighted by atomic mass is 10.00. The lowest BCUT2D eigenvalue weighted by molar-refractivity contribution is 0.0263. The normalized spacial score (nSPS) is 17.7. The molecule has 5 rings (SSSR count). The largest absolute Gasteiger partial charge is 0.455 e. The van der Waals surface area contributed by atoms with E-state index in [0.717, 1.165) is 0 Å². The van der Waals surface area contributed by atoms with Crippen molar-refractivity contribution in [3.05, 3.63) is 81.9 Å². The molecule has 152 valence electrons. The summed E-state index contributed by atoms with van der Waals surface area (Å²) in [4.78, 5) is 17.2. The molecule has 0 spiro atoms. The van der Waals surface area contributed by atoms with Gasteiger partial charge >= 0.3 is 5.97 Å². The summed E-state index contributed by atoms with van der Waals surface area (Å²) in [5, 5.41) is 4.96. The first-order chi connectivity index (χ1) is 14.6. The monoisotopic (exact) mass is 425 g/mol. The number of carbonyl (C=O) groups is 1. The molecule has 0 aliphatic carbocycles. The minimum Gasteiger partial charge on any atom is -0.455 e. The third kappa shape index (κ3) is 3.40.